The van der Waals surface area contributed by atoms with Crippen molar-refractivity contribution in [2.24, 2.45) is 0 Å². The molecule has 0 saturated heterocycles. The van der Waals surface area contributed by atoms with E-state index in [1.54, 1.807) is 53.4 Å². The highest BCUT2D eigenvalue weighted by atomic mass is 16.3. The number of benzene rings is 2. The van der Waals surface area contributed by atoms with Crippen molar-refractivity contribution in [3.63, 3.8) is 0 Å². The zero-order valence-electron chi connectivity index (χ0n) is 12.9. The lowest BCUT2D eigenvalue weighted by Gasteiger charge is -2.26. The molecule has 2 N–H and O–H groups in total. The first kappa shape index (κ1) is 15.9. The standard InChI is InChI=1S/C18H21NO3/c1-3-17(13-5-9-15(20)10-6-13)18(22)19(4-2)14-7-11-16(21)12-8-14/h5-12,17,20-21H,3-4H2,1-2H3. The van der Waals surface area contributed by atoms with E-state index in [0.29, 0.717) is 13.0 Å². The van der Waals surface area contributed by atoms with Crippen LogP contribution in [0.25, 0.3) is 0 Å². The zero-order valence-corrected chi connectivity index (χ0v) is 12.9. The van der Waals surface area contributed by atoms with Gasteiger partial charge in [0.2, 0.25) is 5.91 Å². The van der Waals surface area contributed by atoms with Crippen LogP contribution in [0, 0.1) is 0 Å². The van der Waals surface area contributed by atoms with Crippen molar-refractivity contribution in [3.05, 3.63) is 54.1 Å². The summed E-state index contributed by atoms with van der Waals surface area (Å²) >= 11 is 0. The van der Waals surface area contributed by atoms with E-state index in [2.05, 4.69) is 0 Å². The third-order valence-corrected chi connectivity index (χ3v) is 3.75. The third kappa shape index (κ3) is 3.39. The normalized spacial score (nSPS) is 11.9. The van der Waals surface area contributed by atoms with E-state index in [0.717, 1.165) is 11.3 Å². The summed E-state index contributed by atoms with van der Waals surface area (Å²) in [6.45, 7) is 4.45. The van der Waals surface area contributed by atoms with Crippen molar-refractivity contribution in [1.82, 2.24) is 0 Å². The number of rotatable bonds is 5. The van der Waals surface area contributed by atoms with Crippen LogP contribution in [0.1, 0.15) is 31.7 Å². The minimum Gasteiger partial charge on any atom is -0.508 e. The SMILES string of the molecule is CCC(C(=O)N(CC)c1ccc(O)cc1)c1ccc(O)cc1. The van der Waals surface area contributed by atoms with Crippen LogP contribution in [0.5, 0.6) is 11.5 Å². The molecule has 22 heavy (non-hydrogen) atoms. The maximum atomic E-state index is 12.9. The lowest BCUT2D eigenvalue weighted by Crippen LogP contribution is -2.34. The molecule has 2 aromatic carbocycles. The van der Waals surface area contributed by atoms with Crippen LogP contribution in [-0.4, -0.2) is 22.7 Å². The summed E-state index contributed by atoms with van der Waals surface area (Å²) in [4.78, 5) is 14.6. The quantitative estimate of drug-likeness (QED) is 0.886. The summed E-state index contributed by atoms with van der Waals surface area (Å²) in [6, 6.07) is 13.4. The molecule has 0 aliphatic rings. The molecule has 0 bridgehead atoms. The van der Waals surface area contributed by atoms with E-state index < -0.39 is 0 Å². The molecular weight excluding hydrogens is 278 g/mol. The van der Waals surface area contributed by atoms with Crippen molar-refractivity contribution in [1.29, 1.82) is 0 Å². The smallest absolute Gasteiger partial charge is 0.234 e. The summed E-state index contributed by atoms with van der Waals surface area (Å²) in [5, 5.41) is 18.8. The topological polar surface area (TPSA) is 60.8 Å². The highest BCUT2D eigenvalue weighted by Crippen LogP contribution is 2.27. The Labute approximate surface area is 130 Å². The predicted octanol–water partition coefficient (Wildman–Crippen LogP) is 3.64. The molecule has 0 radical (unpaired) electrons. The molecule has 2 rings (SSSR count). The van der Waals surface area contributed by atoms with Crippen LogP contribution < -0.4 is 4.90 Å². The molecule has 0 aliphatic carbocycles. The summed E-state index contributed by atoms with van der Waals surface area (Å²) in [6.07, 6.45) is 0.679. The van der Waals surface area contributed by atoms with Crippen molar-refractivity contribution < 1.29 is 15.0 Å². The van der Waals surface area contributed by atoms with Gasteiger partial charge in [0.1, 0.15) is 11.5 Å². The summed E-state index contributed by atoms with van der Waals surface area (Å²) in [7, 11) is 0. The molecule has 0 spiro atoms. The van der Waals surface area contributed by atoms with Gasteiger partial charge in [-0.2, -0.15) is 0 Å². The first-order valence-electron chi connectivity index (χ1n) is 7.46. The molecule has 2 aromatic rings. The Morgan fingerprint density at radius 1 is 0.955 bits per heavy atom. The van der Waals surface area contributed by atoms with Gasteiger partial charge in [0.25, 0.3) is 0 Å². The minimum atomic E-state index is -0.255. The highest BCUT2D eigenvalue weighted by molar-refractivity contribution is 5.98. The largest absolute Gasteiger partial charge is 0.508 e. The summed E-state index contributed by atoms with van der Waals surface area (Å²) in [5.74, 6) is 0.130. The Morgan fingerprint density at radius 2 is 1.45 bits per heavy atom. The second-order valence-electron chi connectivity index (χ2n) is 5.15. The zero-order chi connectivity index (χ0) is 16.1. The van der Waals surface area contributed by atoms with E-state index >= 15 is 0 Å². The Morgan fingerprint density at radius 3 is 1.91 bits per heavy atom. The molecule has 116 valence electrons. The number of nitrogens with zero attached hydrogens (tertiary/aromatic N) is 1. The van der Waals surface area contributed by atoms with E-state index in [9.17, 15) is 15.0 Å². The van der Waals surface area contributed by atoms with Crippen LogP contribution in [0.4, 0.5) is 5.69 Å². The monoisotopic (exact) mass is 299 g/mol. The first-order chi connectivity index (χ1) is 10.6. The van der Waals surface area contributed by atoms with Crippen LogP contribution in [0.2, 0.25) is 0 Å². The number of hydrogen-bond donors (Lipinski definition) is 2. The maximum Gasteiger partial charge on any atom is 0.234 e. The van der Waals surface area contributed by atoms with Crippen molar-refractivity contribution >= 4 is 11.6 Å². The van der Waals surface area contributed by atoms with E-state index in [1.807, 2.05) is 13.8 Å². The molecule has 0 aromatic heterocycles. The Hall–Kier alpha value is -2.49. The molecule has 4 nitrogen and oxygen atoms in total. The number of carbonyl (C=O) groups is 1. The van der Waals surface area contributed by atoms with Crippen LogP contribution in [-0.2, 0) is 4.79 Å². The average Bonchev–Trinajstić information content (AvgIpc) is 2.52. The summed E-state index contributed by atoms with van der Waals surface area (Å²) in [5.41, 5.74) is 1.66. The molecule has 1 amide bonds. The fourth-order valence-electron chi connectivity index (χ4n) is 2.55. The first-order valence-corrected chi connectivity index (χ1v) is 7.46. The number of anilines is 1. The van der Waals surface area contributed by atoms with Gasteiger partial charge >= 0.3 is 0 Å². The minimum absolute atomic E-state index is 0.0152. The van der Waals surface area contributed by atoms with Gasteiger partial charge in [-0.15, -0.1) is 0 Å². The van der Waals surface area contributed by atoms with Crippen LogP contribution in [0.3, 0.4) is 0 Å². The van der Waals surface area contributed by atoms with Crippen molar-refractivity contribution in [2.75, 3.05) is 11.4 Å². The van der Waals surface area contributed by atoms with Crippen LogP contribution >= 0.6 is 0 Å². The fraction of sp³-hybridized carbons (Fsp3) is 0.278. The maximum absolute atomic E-state index is 12.9. The average molecular weight is 299 g/mol. The number of amides is 1. The van der Waals surface area contributed by atoms with Gasteiger partial charge in [-0.3, -0.25) is 4.79 Å². The molecule has 4 heteroatoms. The van der Waals surface area contributed by atoms with E-state index in [1.165, 1.54) is 0 Å². The molecular formula is C18H21NO3. The number of carbonyl (C=O) groups excluding carboxylic acids is 1. The van der Waals surface area contributed by atoms with Gasteiger partial charge in [-0.05, 0) is 55.3 Å². The number of aromatic hydroxyl groups is 2. The van der Waals surface area contributed by atoms with Gasteiger partial charge in [0, 0.05) is 12.2 Å². The third-order valence-electron chi connectivity index (χ3n) is 3.75. The lowest BCUT2D eigenvalue weighted by molar-refractivity contribution is -0.120. The molecule has 0 heterocycles. The lowest BCUT2D eigenvalue weighted by atomic mass is 9.94. The Bertz CT molecular complexity index is 564. The van der Waals surface area contributed by atoms with Gasteiger partial charge in [0.05, 0.1) is 5.92 Å². The summed E-state index contributed by atoms with van der Waals surface area (Å²) < 4.78 is 0. The number of phenolic OH excluding ortho intramolecular Hbond substituents is 2. The number of likely N-dealkylation sites (N-methyl/N-ethyl adjacent to an activating group) is 1. The highest BCUT2D eigenvalue weighted by Gasteiger charge is 2.24. The van der Waals surface area contributed by atoms with Crippen molar-refractivity contribution in [2.45, 2.75) is 26.2 Å². The van der Waals surface area contributed by atoms with Gasteiger partial charge in [0.15, 0.2) is 0 Å². The second-order valence-corrected chi connectivity index (χ2v) is 5.15. The molecule has 1 atom stereocenters. The molecule has 0 fully saturated rings. The predicted molar refractivity (Wildman–Crippen MR) is 87.3 cm³/mol. The van der Waals surface area contributed by atoms with Crippen molar-refractivity contribution in [3.8, 4) is 11.5 Å². The number of hydrogen-bond acceptors (Lipinski definition) is 3. The molecule has 0 saturated carbocycles. The van der Waals surface area contributed by atoms with Gasteiger partial charge in [-0.1, -0.05) is 19.1 Å². The van der Waals surface area contributed by atoms with Gasteiger partial charge < -0.3 is 15.1 Å². The Kier molecular flexibility index (Phi) is 5.04. The molecule has 0 aliphatic heterocycles. The van der Waals surface area contributed by atoms with E-state index in [4.69, 9.17) is 0 Å². The Balaban J connectivity index is 2.29. The number of phenols is 2. The van der Waals surface area contributed by atoms with Gasteiger partial charge in [-0.25, -0.2) is 0 Å². The fourth-order valence-corrected chi connectivity index (χ4v) is 2.55. The second kappa shape index (κ2) is 6.98. The van der Waals surface area contributed by atoms with Crippen LogP contribution in [0.15, 0.2) is 48.5 Å². The molecule has 1 unspecified atom stereocenters. The van der Waals surface area contributed by atoms with E-state index in [-0.39, 0.29) is 23.3 Å².